The molecular weight excluding hydrogens is 464 g/mol. The quantitative estimate of drug-likeness (QED) is 0.357. The Kier molecular flexibility index (Phi) is 10.2. The number of hydrogen-bond acceptors (Lipinski definition) is 5. The molecule has 4 amide bonds. The molecule has 0 radical (unpaired) electrons. The molecule has 2 rings (SSSR count). The van der Waals surface area contributed by atoms with Crippen molar-refractivity contribution in [1.82, 2.24) is 20.9 Å². The van der Waals surface area contributed by atoms with E-state index in [2.05, 4.69) is 16.0 Å². The van der Waals surface area contributed by atoms with E-state index in [1.165, 1.54) is 24.8 Å². The van der Waals surface area contributed by atoms with E-state index in [1.807, 2.05) is 30.3 Å². The highest BCUT2D eigenvalue weighted by Gasteiger charge is 2.38. The van der Waals surface area contributed by atoms with Gasteiger partial charge in [-0.25, -0.2) is 4.79 Å². The molecule has 0 spiro atoms. The maximum Gasteiger partial charge on any atom is 0.326 e. The molecule has 4 atom stereocenters. The summed E-state index contributed by atoms with van der Waals surface area (Å²) >= 11 is 0. The minimum absolute atomic E-state index is 0.321. The van der Waals surface area contributed by atoms with E-state index in [0.717, 1.165) is 11.1 Å². The Morgan fingerprint density at radius 1 is 0.972 bits per heavy atom. The molecule has 1 aliphatic heterocycles. The van der Waals surface area contributed by atoms with Crippen LogP contribution in [0.2, 0.25) is 0 Å². The first-order chi connectivity index (χ1) is 16.9. The first kappa shape index (κ1) is 28.5. The van der Waals surface area contributed by atoms with Crippen LogP contribution < -0.4 is 16.0 Å². The lowest BCUT2D eigenvalue weighted by molar-refractivity contribution is -0.145. The summed E-state index contributed by atoms with van der Waals surface area (Å²) in [4.78, 5) is 63.5. The molecule has 1 fully saturated rings. The fourth-order valence-electron chi connectivity index (χ4n) is 4.02. The predicted octanol–water partition coefficient (Wildman–Crippen LogP) is 1.32. The lowest BCUT2D eigenvalue weighted by Crippen LogP contribution is -2.56. The average Bonchev–Trinajstić information content (AvgIpc) is 3.31. The molecule has 0 bridgehead atoms. The van der Waals surface area contributed by atoms with Crippen LogP contribution in [0.1, 0.15) is 53.0 Å². The van der Waals surface area contributed by atoms with Gasteiger partial charge in [-0.3, -0.25) is 19.2 Å². The molecule has 4 N–H and O–H groups in total. The molecule has 0 aromatic heterocycles. The molecule has 1 aliphatic rings. The number of carbonyl (C=O) groups is 5. The van der Waals surface area contributed by atoms with Crippen molar-refractivity contribution in [3.63, 3.8) is 0 Å². The molecule has 1 heterocycles. The molecule has 0 aliphatic carbocycles. The predicted molar refractivity (Wildman–Crippen MR) is 134 cm³/mol. The van der Waals surface area contributed by atoms with Crippen LogP contribution in [0.15, 0.2) is 36.4 Å². The van der Waals surface area contributed by atoms with Gasteiger partial charge < -0.3 is 26.0 Å². The van der Waals surface area contributed by atoms with Crippen LogP contribution in [0.4, 0.5) is 0 Å². The van der Waals surface area contributed by atoms with Crippen molar-refractivity contribution >= 4 is 35.2 Å². The van der Waals surface area contributed by atoms with Gasteiger partial charge in [-0.2, -0.15) is 0 Å². The fourth-order valence-corrected chi connectivity index (χ4v) is 4.02. The monoisotopic (exact) mass is 500 g/mol. The number of rotatable bonds is 10. The summed E-state index contributed by atoms with van der Waals surface area (Å²) in [5.41, 5.74) is 1.63. The number of nitrogens with zero attached hydrogens (tertiary/aromatic N) is 1. The number of aliphatic carboxylic acids is 1. The van der Waals surface area contributed by atoms with E-state index >= 15 is 0 Å². The molecule has 0 unspecified atom stereocenters. The van der Waals surface area contributed by atoms with Gasteiger partial charge in [-0.15, -0.1) is 0 Å². The highest BCUT2D eigenvalue weighted by Crippen LogP contribution is 2.19. The Bertz CT molecular complexity index is 1010. The maximum atomic E-state index is 13.0. The fraction of sp³-hybridized carbons (Fsp3) is 0.500. The van der Waals surface area contributed by atoms with Crippen molar-refractivity contribution in [2.75, 3.05) is 6.54 Å². The maximum absolute atomic E-state index is 13.0. The van der Waals surface area contributed by atoms with E-state index in [0.29, 0.717) is 19.4 Å². The van der Waals surface area contributed by atoms with Crippen LogP contribution in [0.25, 0.3) is 5.57 Å². The summed E-state index contributed by atoms with van der Waals surface area (Å²) in [7, 11) is 0. The summed E-state index contributed by atoms with van der Waals surface area (Å²) in [6.07, 6.45) is 2.40. The number of benzene rings is 1. The highest BCUT2D eigenvalue weighted by molar-refractivity contribution is 5.98. The van der Waals surface area contributed by atoms with Gasteiger partial charge in [0.15, 0.2) is 0 Å². The van der Waals surface area contributed by atoms with Crippen LogP contribution >= 0.6 is 0 Å². The normalized spacial score (nSPS) is 18.2. The summed E-state index contributed by atoms with van der Waals surface area (Å²) in [5.74, 6) is -3.41. The number of nitrogens with one attached hydrogen (secondary N) is 3. The number of likely N-dealkylation sites (tertiary alicyclic amines) is 1. The molecule has 1 saturated heterocycles. The van der Waals surface area contributed by atoms with Gasteiger partial charge >= 0.3 is 5.97 Å². The average molecular weight is 501 g/mol. The number of carboxylic acid groups (broad SMARTS) is 1. The second kappa shape index (κ2) is 12.9. The second-order valence-corrected chi connectivity index (χ2v) is 9.41. The number of hydrogen-bond donors (Lipinski definition) is 4. The van der Waals surface area contributed by atoms with Crippen LogP contribution in [0.3, 0.4) is 0 Å². The third kappa shape index (κ3) is 7.66. The zero-order chi connectivity index (χ0) is 27.0. The topological polar surface area (TPSA) is 145 Å². The van der Waals surface area contributed by atoms with E-state index in [-0.39, 0.29) is 5.92 Å². The van der Waals surface area contributed by atoms with Crippen molar-refractivity contribution in [2.45, 2.75) is 71.6 Å². The minimum Gasteiger partial charge on any atom is -0.480 e. The van der Waals surface area contributed by atoms with Crippen molar-refractivity contribution in [3.05, 3.63) is 42.0 Å². The van der Waals surface area contributed by atoms with Crippen LogP contribution in [-0.4, -0.2) is 70.3 Å². The highest BCUT2D eigenvalue weighted by atomic mass is 16.4. The first-order valence-electron chi connectivity index (χ1n) is 12.1. The first-order valence-corrected chi connectivity index (χ1v) is 12.1. The smallest absolute Gasteiger partial charge is 0.326 e. The van der Waals surface area contributed by atoms with E-state index in [1.54, 1.807) is 20.8 Å². The summed E-state index contributed by atoms with van der Waals surface area (Å²) in [6.45, 7) is 8.52. The zero-order valence-corrected chi connectivity index (χ0v) is 21.4. The molecule has 1 aromatic carbocycles. The van der Waals surface area contributed by atoms with Crippen LogP contribution in [0.5, 0.6) is 0 Å². The van der Waals surface area contributed by atoms with Crippen LogP contribution in [-0.2, 0) is 24.0 Å². The van der Waals surface area contributed by atoms with Gasteiger partial charge in [-0.05, 0) is 50.7 Å². The Morgan fingerprint density at radius 3 is 2.19 bits per heavy atom. The number of carbonyl (C=O) groups excluding carboxylic acids is 4. The molecule has 0 saturated carbocycles. The Hall–Kier alpha value is -3.69. The minimum atomic E-state index is -1.14. The third-order valence-corrected chi connectivity index (χ3v) is 6.13. The van der Waals surface area contributed by atoms with Gasteiger partial charge in [0.2, 0.25) is 23.6 Å². The third-order valence-electron chi connectivity index (χ3n) is 6.13. The molecule has 36 heavy (non-hydrogen) atoms. The number of amides is 4. The van der Waals surface area contributed by atoms with Gasteiger partial charge in [-0.1, -0.05) is 44.2 Å². The summed E-state index contributed by atoms with van der Waals surface area (Å²) < 4.78 is 0. The van der Waals surface area contributed by atoms with Crippen molar-refractivity contribution in [2.24, 2.45) is 5.92 Å². The van der Waals surface area contributed by atoms with Crippen molar-refractivity contribution in [3.8, 4) is 0 Å². The van der Waals surface area contributed by atoms with Crippen LogP contribution in [0, 0.1) is 5.92 Å². The molecule has 196 valence electrons. The Balaban J connectivity index is 1.94. The Labute approximate surface area is 211 Å². The lowest BCUT2D eigenvalue weighted by atomic mass is 10.0. The molecule has 10 heteroatoms. The van der Waals surface area contributed by atoms with E-state index in [9.17, 15) is 29.1 Å². The SMILES string of the molecule is CC(=CC(=O)N[C@@H](C)C(=O)N[C@@H](C)C(=O)N1CCC[C@H]1C(=O)N[C@H](C(=O)O)C(C)C)c1ccccc1. The molecular formula is C26H36N4O6. The molecule has 1 aromatic rings. The summed E-state index contributed by atoms with van der Waals surface area (Å²) in [5, 5.41) is 17.0. The van der Waals surface area contributed by atoms with E-state index in [4.69, 9.17) is 0 Å². The zero-order valence-electron chi connectivity index (χ0n) is 21.4. The number of allylic oxidation sites excluding steroid dienone is 1. The Morgan fingerprint density at radius 2 is 1.61 bits per heavy atom. The van der Waals surface area contributed by atoms with Crippen molar-refractivity contribution in [1.29, 1.82) is 0 Å². The number of carboxylic acids is 1. The van der Waals surface area contributed by atoms with Crippen molar-refractivity contribution < 1.29 is 29.1 Å². The molecule has 10 nitrogen and oxygen atoms in total. The largest absolute Gasteiger partial charge is 0.480 e. The van der Waals surface area contributed by atoms with Gasteiger partial charge in [0, 0.05) is 12.6 Å². The standard InChI is InChI=1S/C26H36N4O6/c1-15(2)22(26(35)36)29-24(33)20-12-9-13-30(20)25(34)18(5)28-23(32)17(4)27-21(31)14-16(3)19-10-7-6-8-11-19/h6-8,10-11,14-15,17-18,20,22H,9,12-13H2,1-5H3,(H,27,31)(H,28,32)(H,29,33)(H,35,36)/t17-,18-,20-,22-/m0/s1. The second-order valence-electron chi connectivity index (χ2n) is 9.41. The van der Waals surface area contributed by atoms with Gasteiger partial charge in [0.1, 0.15) is 24.2 Å². The van der Waals surface area contributed by atoms with E-state index < -0.39 is 53.8 Å². The van der Waals surface area contributed by atoms with Gasteiger partial charge in [0.25, 0.3) is 0 Å². The summed E-state index contributed by atoms with van der Waals surface area (Å²) in [6, 6.07) is 5.65. The van der Waals surface area contributed by atoms with Gasteiger partial charge in [0.05, 0.1) is 0 Å². The lowest BCUT2D eigenvalue weighted by Gasteiger charge is -2.29.